The highest BCUT2D eigenvalue weighted by molar-refractivity contribution is 7.89. The van der Waals surface area contributed by atoms with Crippen molar-refractivity contribution in [3.63, 3.8) is 0 Å². The van der Waals surface area contributed by atoms with Gasteiger partial charge in [-0.1, -0.05) is 27.7 Å². The van der Waals surface area contributed by atoms with E-state index in [1.165, 1.54) is 4.57 Å². The molecule has 4 rings (SSSR count). The molecule has 0 radical (unpaired) electrons. The van der Waals surface area contributed by atoms with Gasteiger partial charge < -0.3 is 9.73 Å². The van der Waals surface area contributed by atoms with E-state index < -0.39 is 15.8 Å². The highest BCUT2D eigenvalue weighted by atomic mass is 32.2. The number of nitrogens with one attached hydrogen (secondary N) is 1. The lowest BCUT2D eigenvalue weighted by molar-refractivity contribution is -0.118. The zero-order valence-electron chi connectivity index (χ0n) is 21.5. The van der Waals surface area contributed by atoms with Crippen LogP contribution in [0.1, 0.15) is 47.0 Å². The van der Waals surface area contributed by atoms with Gasteiger partial charge >= 0.3 is 5.76 Å². The number of anilines is 1. The number of piperidine rings is 2. The van der Waals surface area contributed by atoms with Crippen LogP contribution in [0, 0.1) is 16.7 Å². The van der Waals surface area contributed by atoms with Gasteiger partial charge in [0.1, 0.15) is 0 Å². The van der Waals surface area contributed by atoms with Gasteiger partial charge in [-0.2, -0.15) is 0 Å². The third-order valence-electron chi connectivity index (χ3n) is 7.27. The maximum Gasteiger partial charge on any atom is 0.419 e. The predicted octanol–water partition coefficient (Wildman–Crippen LogP) is 2.87. The molecule has 0 aliphatic carbocycles. The quantitative estimate of drug-likeness (QED) is 0.646. The van der Waals surface area contributed by atoms with Gasteiger partial charge in [0.15, 0.2) is 5.58 Å². The van der Waals surface area contributed by atoms with Gasteiger partial charge in [0, 0.05) is 31.9 Å². The van der Waals surface area contributed by atoms with Gasteiger partial charge in [0.25, 0.3) is 0 Å². The number of carbonyl (C=O) groups excluding carboxylic acids is 1. The Morgan fingerprint density at radius 1 is 1.17 bits per heavy atom. The van der Waals surface area contributed by atoms with Crippen LogP contribution < -0.4 is 11.1 Å². The lowest BCUT2D eigenvalue weighted by Gasteiger charge is -2.52. The molecule has 1 N–H and O–H groups in total. The molecule has 2 saturated heterocycles. The topological polar surface area (TPSA) is 105 Å². The molecule has 1 aromatic carbocycles. The lowest BCUT2D eigenvalue weighted by atomic mass is 9.65. The van der Waals surface area contributed by atoms with Crippen molar-refractivity contribution in [2.24, 2.45) is 23.8 Å². The lowest BCUT2D eigenvalue weighted by Crippen LogP contribution is -2.56. The van der Waals surface area contributed by atoms with Gasteiger partial charge in [-0.3, -0.25) is 14.3 Å². The summed E-state index contributed by atoms with van der Waals surface area (Å²) in [5, 5.41) is 2.90. The van der Waals surface area contributed by atoms with Crippen LogP contribution in [0.3, 0.4) is 0 Å². The minimum Gasteiger partial charge on any atom is -0.408 e. The fraction of sp³-hybridized carbons (Fsp3) is 0.680. The summed E-state index contributed by atoms with van der Waals surface area (Å²) < 4.78 is 34.4. The van der Waals surface area contributed by atoms with Crippen LogP contribution in [-0.2, 0) is 21.9 Å². The predicted molar refractivity (Wildman–Crippen MR) is 137 cm³/mol. The monoisotopic (exact) mass is 506 g/mol. The largest absolute Gasteiger partial charge is 0.419 e. The number of likely N-dealkylation sites (tertiary alicyclic amines) is 1. The van der Waals surface area contributed by atoms with E-state index in [4.69, 9.17) is 4.42 Å². The highest BCUT2D eigenvalue weighted by Crippen LogP contribution is 2.47. The van der Waals surface area contributed by atoms with Crippen molar-refractivity contribution >= 4 is 32.7 Å². The van der Waals surface area contributed by atoms with Crippen molar-refractivity contribution in [3.05, 3.63) is 28.7 Å². The van der Waals surface area contributed by atoms with Crippen LogP contribution in [0.25, 0.3) is 11.1 Å². The fourth-order valence-corrected chi connectivity index (χ4v) is 7.96. The van der Waals surface area contributed by atoms with Crippen molar-refractivity contribution in [3.8, 4) is 0 Å². The summed E-state index contributed by atoms with van der Waals surface area (Å²) in [4.78, 5) is 26.5. The first kappa shape index (κ1) is 25.9. The average Bonchev–Trinajstić information content (AvgIpc) is 3.01. The Balaban J connectivity index is 1.37. The van der Waals surface area contributed by atoms with Gasteiger partial charge in [-0.15, -0.1) is 0 Å². The second-order valence-corrected chi connectivity index (χ2v) is 13.7. The van der Waals surface area contributed by atoms with E-state index in [0.29, 0.717) is 29.9 Å². The normalized spacial score (nSPS) is 21.1. The molecule has 10 heteroatoms. The van der Waals surface area contributed by atoms with Crippen molar-refractivity contribution in [1.29, 1.82) is 0 Å². The molecule has 1 spiro atoms. The molecular formula is C25H38N4O5S. The first-order valence-electron chi connectivity index (χ1n) is 12.4. The SMILES string of the molecule is CC(C)CS(=O)(=O)N1CC(C)(C)CC2(CCN(CC(=O)Nc3ccc4c(c3)oc(=O)n4C)CC2)C1. The number of hydrogen-bond donors (Lipinski definition) is 1. The van der Waals surface area contributed by atoms with E-state index in [9.17, 15) is 18.0 Å². The van der Waals surface area contributed by atoms with Gasteiger partial charge in [0.05, 0.1) is 17.8 Å². The van der Waals surface area contributed by atoms with E-state index in [-0.39, 0.29) is 35.0 Å². The summed E-state index contributed by atoms with van der Waals surface area (Å²) in [5.74, 6) is -0.278. The summed E-state index contributed by atoms with van der Waals surface area (Å²) >= 11 is 0. The number of rotatable bonds is 6. The van der Waals surface area contributed by atoms with Crippen molar-refractivity contribution in [1.82, 2.24) is 13.8 Å². The Kier molecular flexibility index (Phi) is 6.93. The van der Waals surface area contributed by atoms with Crippen LogP contribution >= 0.6 is 0 Å². The van der Waals surface area contributed by atoms with E-state index in [2.05, 4.69) is 24.1 Å². The molecule has 0 unspecified atom stereocenters. The third-order valence-corrected chi connectivity index (χ3v) is 9.40. The van der Waals surface area contributed by atoms with Crippen molar-refractivity contribution in [2.45, 2.75) is 47.0 Å². The van der Waals surface area contributed by atoms with E-state index in [0.717, 1.165) is 32.4 Å². The second-order valence-electron chi connectivity index (χ2n) is 11.7. The maximum absolute atomic E-state index is 13.0. The summed E-state index contributed by atoms with van der Waals surface area (Å²) in [7, 11) is -1.65. The molecular weight excluding hydrogens is 468 g/mol. The van der Waals surface area contributed by atoms with Crippen LogP contribution in [0.15, 0.2) is 27.4 Å². The number of hydrogen-bond acceptors (Lipinski definition) is 6. The fourth-order valence-electron chi connectivity index (χ4n) is 5.89. The van der Waals surface area contributed by atoms with Crippen LogP contribution in [-0.4, -0.2) is 66.6 Å². The zero-order valence-corrected chi connectivity index (χ0v) is 22.3. The van der Waals surface area contributed by atoms with Gasteiger partial charge in [-0.05, 0) is 61.2 Å². The molecule has 2 aliphatic rings. The number of benzene rings is 1. The molecule has 9 nitrogen and oxygen atoms in total. The summed E-state index contributed by atoms with van der Waals surface area (Å²) in [6, 6.07) is 5.18. The molecule has 1 aromatic heterocycles. The smallest absolute Gasteiger partial charge is 0.408 e. The molecule has 0 bridgehead atoms. The molecule has 2 fully saturated rings. The van der Waals surface area contributed by atoms with Gasteiger partial charge in [-0.25, -0.2) is 17.5 Å². The minimum atomic E-state index is -3.29. The van der Waals surface area contributed by atoms with Crippen LogP contribution in [0.4, 0.5) is 5.69 Å². The molecule has 2 aliphatic heterocycles. The van der Waals surface area contributed by atoms with E-state index in [1.54, 1.807) is 29.6 Å². The minimum absolute atomic E-state index is 0.0470. The van der Waals surface area contributed by atoms with Gasteiger partial charge in [0.2, 0.25) is 15.9 Å². The Bertz CT molecular complexity index is 1250. The molecule has 0 atom stereocenters. The Morgan fingerprint density at radius 2 is 1.86 bits per heavy atom. The molecule has 2 aromatic rings. The number of sulfonamides is 1. The third kappa shape index (κ3) is 5.81. The van der Waals surface area contributed by atoms with E-state index in [1.807, 2.05) is 13.8 Å². The molecule has 0 saturated carbocycles. The van der Waals surface area contributed by atoms with Crippen LogP contribution in [0.5, 0.6) is 0 Å². The maximum atomic E-state index is 13.0. The molecule has 194 valence electrons. The Hall–Kier alpha value is -2.17. The first-order chi connectivity index (χ1) is 16.3. The summed E-state index contributed by atoms with van der Waals surface area (Å²) in [6.07, 6.45) is 2.74. The molecule has 3 heterocycles. The highest BCUT2D eigenvalue weighted by Gasteiger charge is 2.47. The number of amides is 1. The number of nitrogens with zero attached hydrogens (tertiary/aromatic N) is 3. The zero-order chi connectivity index (χ0) is 25.6. The van der Waals surface area contributed by atoms with Crippen molar-refractivity contribution in [2.75, 3.05) is 43.8 Å². The standard InChI is InChI=1S/C25H38N4O5S/c1-18(2)14-35(32,33)29-16-24(3,4)15-25(17-29)8-10-28(11-9-25)13-22(30)26-19-6-7-20-21(12-19)34-23(31)27(20)5/h6-7,12,18H,8-11,13-17H2,1-5H3,(H,26,30). The van der Waals surface area contributed by atoms with Crippen molar-refractivity contribution < 1.29 is 17.6 Å². The number of aromatic nitrogens is 1. The number of oxazole rings is 1. The molecule has 35 heavy (non-hydrogen) atoms. The first-order valence-corrected chi connectivity index (χ1v) is 14.0. The Labute approximate surface area is 207 Å². The Morgan fingerprint density at radius 3 is 2.51 bits per heavy atom. The number of carbonyl (C=O) groups is 1. The number of fused-ring (bicyclic) bond motifs is 1. The number of aryl methyl sites for hydroxylation is 1. The summed E-state index contributed by atoms with van der Waals surface area (Å²) in [5.41, 5.74) is 1.58. The average molecular weight is 507 g/mol. The second kappa shape index (κ2) is 9.37. The van der Waals surface area contributed by atoms with Crippen LogP contribution in [0.2, 0.25) is 0 Å². The molecule has 1 amide bonds. The van der Waals surface area contributed by atoms with E-state index >= 15 is 0 Å². The summed E-state index contributed by atoms with van der Waals surface area (Å²) in [6.45, 7) is 11.2.